The summed E-state index contributed by atoms with van der Waals surface area (Å²) in [5.74, 6) is -0.268. The molecule has 0 atom stereocenters. The third-order valence-corrected chi connectivity index (χ3v) is 6.75. The van der Waals surface area contributed by atoms with Gasteiger partial charge in [-0.3, -0.25) is 4.79 Å². The van der Waals surface area contributed by atoms with Gasteiger partial charge in [0.15, 0.2) is 0 Å². The predicted octanol–water partition coefficient (Wildman–Crippen LogP) is 3.59. The van der Waals surface area contributed by atoms with E-state index < -0.39 is 10.0 Å². The van der Waals surface area contributed by atoms with Crippen LogP contribution in [0.1, 0.15) is 31.2 Å². The van der Waals surface area contributed by atoms with Crippen molar-refractivity contribution in [3.05, 3.63) is 65.2 Å². The Morgan fingerprint density at radius 2 is 1.67 bits per heavy atom. The fraction of sp³-hybridized carbons (Fsp3) is 0.350. The van der Waals surface area contributed by atoms with Crippen molar-refractivity contribution in [2.75, 3.05) is 6.54 Å². The Balaban J connectivity index is 1.81. The number of rotatable bonds is 7. The molecule has 0 spiro atoms. The number of hydrogen-bond acceptors (Lipinski definition) is 3. The van der Waals surface area contributed by atoms with Gasteiger partial charge in [-0.2, -0.15) is 4.31 Å². The molecule has 0 saturated heterocycles. The number of benzene rings is 2. The topological polar surface area (TPSA) is 66.5 Å². The molecule has 2 aromatic rings. The number of sulfonamides is 1. The van der Waals surface area contributed by atoms with Crippen LogP contribution in [0.15, 0.2) is 59.5 Å². The van der Waals surface area contributed by atoms with Gasteiger partial charge in [-0.05, 0) is 42.7 Å². The highest BCUT2D eigenvalue weighted by atomic mass is 35.5. The van der Waals surface area contributed by atoms with Gasteiger partial charge in [-0.1, -0.05) is 54.8 Å². The molecule has 2 aromatic carbocycles. The molecule has 1 aliphatic rings. The molecule has 7 heteroatoms. The first-order chi connectivity index (χ1) is 12.9. The number of hydrogen-bond donors (Lipinski definition) is 1. The Bertz CT molecular complexity index is 864. The van der Waals surface area contributed by atoms with Crippen molar-refractivity contribution >= 4 is 27.5 Å². The summed E-state index contributed by atoms with van der Waals surface area (Å²) in [5.41, 5.74) is 0.771. The van der Waals surface area contributed by atoms with E-state index in [2.05, 4.69) is 5.32 Å². The molecule has 144 valence electrons. The molecule has 1 amide bonds. The molecule has 0 aromatic heterocycles. The zero-order chi connectivity index (χ0) is 19.3. The largest absolute Gasteiger partial charge is 0.352 e. The Kier molecular flexibility index (Phi) is 6.52. The maximum Gasteiger partial charge on any atom is 0.243 e. The molecular formula is C20H23ClN2O3S. The monoisotopic (exact) mass is 406 g/mol. The molecule has 5 nitrogen and oxygen atoms in total. The number of carbonyl (C=O) groups is 1. The van der Waals surface area contributed by atoms with E-state index in [1.54, 1.807) is 54.6 Å². The SMILES string of the molecule is O=C(CN(Cc1ccc(Cl)cc1)S(=O)(=O)c1ccccc1)NC1CCCC1. The minimum absolute atomic E-state index is 0.104. The lowest BCUT2D eigenvalue weighted by atomic mass is 10.2. The van der Waals surface area contributed by atoms with Gasteiger partial charge in [-0.15, -0.1) is 0 Å². The Labute approximate surface area is 165 Å². The van der Waals surface area contributed by atoms with Crippen LogP contribution >= 0.6 is 11.6 Å². The van der Waals surface area contributed by atoms with Gasteiger partial charge in [0.05, 0.1) is 11.4 Å². The molecule has 0 unspecified atom stereocenters. The van der Waals surface area contributed by atoms with Crippen LogP contribution in [-0.2, 0) is 21.4 Å². The van der Waals surface area contributed by atoms with E-state index >= 15 is 0 Å². The molecule has 1 saturated carbocycles. The first-order valence-electron chi connectivity index (χ1n) is 9.04. The highest BCUT2D eigenvalue weighted by molar-refractivity contribution is 7.89. The molecule has 0 heterocycles. The van der Waals surface area contributed by atoms with Gasteiger partial charge in [0, 0.05) is 17.6 Å². The summed E-state index contributed by atoms with van der Waals surface area (Å²) in [4.78, 5) is 12.7. The zero-order valence-electron chi connectivity index (χ0n) is 15.0. The van der Waals surface area contributed by atoms with Gasteiger partial charge in [0.2, 0.25) is 15.9 Å². The lowest BCUT2D eigenvalue weighted by molar-refractivity contribution is -0.122. The summed E-state index contributed by atoms with van der Waals surface area (Å²) < 4.78 is 27.4. The lowest BCUT2D eigenvalue weighted by Gasteiger charge is -2.23. The van der Waals surface area contributed by atoms with Crippen LogP contribution in [-0.4, -0.2) is 31.2 Å². The second-order valence-electron chi connectivity index (χ2n) is 6.76. The highest BCUT2D eigenvalue weighted by Gasteiger charge is 2.28. The van der Waals surface area contributed by atoms with E-state index in [-0.39, 0.29) is 29.9 Å². The fourth-order valence-electron chi connectivity index (χ4n) is 3.26. The molecule has 0 radical (unpaired) electrons. The van der Waals surface area contributed by atoms with Crippen molar-refractivity contribution in [2.24, 2.45) is 0 Å². The average molecular weight is 407 g/mol. The number of nitrogens with zero attached hydrogens (tertiary/aromatic N) is 1. The molecule has 1 fully saturated rings. The Morgan fingerprint density at radius 1 is 1.04 bits per heavy atom. The van der Waals surface area contributed by atoms with Crippen molar-refractivity contribution < 1.29 is 13.2 Å². The van der Waals surface area contributed by atoms with Gasteiger partial charge >= 0.3 is 0 Å². The number of carbonyl (C=O) groups excluding carboxylic acids is 1. The van der Waals surface area contributed by atoms with Gasteiger partial charge in [0.25, 0.3) is 0 Å². The smallest absolute Gasteiger partial charge is 0.243 e. The summed E-state index contributed by atoms with van der Waals surface area (Å²) in [6, 6.07) is 15.3. The minimum Gasteiger partial charge on any atom is -0.352 e. The summed E-state index contributed by atoms with van der Waals surface area (Å²) in [5, 5.41) is 3.54. The van der Waals surface area contributed by atoms with Crippen LogP contribution < -0.4 is 5.32 Å². The predicted molar refractivity (Wildman–Crippen MR) is 106 cm³/mol. The van der Waals surface area contributed by atoms with Crippen LogP contribution in [0.25, 0.3) is 0 Å². The van der Waals surface area contributed by atoms with E-state index in [1.807, 2.05) is 0 Å². The number of halogens is 1. The lowest BCUT2D eigenvalue weighted by Crippen LogP contribution is -2.43. The molecule has 1 N–H and O–H groups in total. The quantitative estimate of drug-likeness (QED) is 0.764. The van der Waals surface area contributed by atoms with Gasteiger partial charge < -0.3 is 5.32 Å². The van der Waals surface area contributed by atoms with Gasteiger partial charge in [0.1, 0.15) is 0 Å². The second-order valence-corrected chi connectivity index (χ2v) is 9.14. The van der Waals surface area contributed by atoms with Crippen molar-refractivity contribution in [3.8, 4) is 0 Å². The van der Waals surface area contributed by atoms with Crippen LogP contribution in [0.2, 0.25) is 5.02 Å². The van der Waals surface area contributed by atoms with E-state index in [0.29, 0.717) is 5.02 Å². The summed E-state index contributed by atoms with van der Waals surface area (Å²) >= 11 is 5.92. The molecule has 3 rings (SSSR count). The van der Waals surface area contributed by atoms with Crippen LogP contribution in [0.3, 0.4) is 0 Å². The standard InChI is InChI=1S/C20H23ClN2O3S/c21-17-12-10-16(11-13-17)14-23(15-20(24)22-18-6-4-5-7-18)27(25,26)19-8-2-1-3-9-19/h1-3,8-13,18H,4-7,14-15H2,(H,22,24). The number of nitrogens with one attached hydrogen (secondary N) is 1. The third-order valence-electron chi connectivity index (χ3n) is 4.69. The van der Waals surface area contributed by atoms with Crippen LogP contribution in [0.5, 0.6) is 0 Å². The van der Waals surface area contributed by atoms with E-state index in [4.69, 9.17) is 11.6 Å². The molecule has 27 heavy (non-hydrogen) atoms. The molecule has 0 aliphatic heterocycles. The second kappa shape index (κ2) is 8.87. The van der Waals surface area contributed by atoms with Crippen molar-refractivity contribution in [1.82, 2.24) is 9.62 Å². The summed E-state index contributed by atoms with van der Waals surface area (Å²) in [6.45, 7) is -0.108. The van der Waals surface area contributed by atoms with Gasteiger partial charge in [-0.25, -0.2) is 8.42 Å². The maximum atomic E-state index is 13.1. The maximum absolute atomic E-state index is 13.1. The van der Waals surface area contributed by atoms with Crippen molar-refractivity contribution in [1.29, 1.82) is 0 Å². The van der Waals surface area contributed by atoms with E-state index in [9.17, 15) is 13.2 Å². The van der Waals surface area contributed by atoms with Crippen LogP contribution in [0.4, 0.5) is 0 Å². The number of amides is 1. The fourth-order valence-corrected chi connectivity index (χ4v) is 4.80. The molecule has 1 aliphatic carbocycles. The van der Waals surface area contributed by atoms with E-state index in [1.165, 1.54) is 4.31 Å². The van der Waals surface area contributed by atoms with Crippen molar-refractivity contribution in [3.63, 3.8) is 0 Å². The average Bonchev–Trinajstić information content (AvgIpc) is 3.16. The highest BCUT2D eigenvalue weighted by Crippen LogP contribution is 2.20. The summed E-state index contributed by atoms with van der Waals surface area (Å²) in [7, 11) is -3.80. The normalized spacial score (nSPS) is 15.2. The van der Waals surface area contributed by atoms with Crippen LogP contribution in [0, 0.1) is 0 Å². The first-order valence-corrected chi connectivity index (χ1v) is 10.9. The molecule has 0 bridgehead atoms. The molecular weight excluding hydrogens is 384 g/mol. The minimum atomic E-state index is -3.80. The third kappa shape index (κ3) is 5.31. The van der Waals surface area contributed by atoms with E-state index in [0.717, 1.165) is 31.2 Å². The van der Waals surface area contributed by atoms with Crippen molar-refractivity contribution in [2.45, 2.75) is 43.2 Å². The first kappa shape index (κ1) is 19.9. The zero-order valence-corrected chi connectivity index (χ0v) is 16.5. The Morgan fingerprint density at radius 3 is 2.30 bits per heavy atom. The summed E-state index contributed by atoms with van der Waals surface area (Å²) in [6.07, 6.45) is 4.10. The Hall–Kier alpha value is -1.89.